The van der Waals surface area contributed by atoms with Gasteiger partial charge >= 0.3 is 0 Å². The van der Waals surface area contributed by atoms with Crippen LogP contribution in [0.25, 0.3) is 0 Å². The SMILES string of the molecule is C[S+](C)[O-].OCCCO. The summed E-state index contributed by atoms with van der Waals surface area (Å²) in [7, 11) is 0. The lowest BCUT2D eigenvalue weighted by molar-refractivity contribution is 0.221. The van der Waals surface area contributed by atoms with Crippen molar-refractivity contribution >= 4 is 11.2 Å². The first-order valence-electron chi connectivity index (χ1n) is 2.62. The second kappa shape index (κ2) is 11.1. The molecule has 0 spiro atoms. The number of rotatable bonds is 2. The normalized spacial score (nSPS) is 8.67. The van der Waals surface area contributed by atoms with Gasteiger partial charge in [-0.25, -0.2) is 0 Å². The molecule has 0 rings (SSSR count). The van der Waals surface area contributed by atoms with Crippen LogP contribution in [0.5, 0.6) is 0 Å². The highest BCUT2D eigenvalue weighted by atomic mass is 32.2. The van der Waals surface area contributed by atoms with E-state index in [-0.39, 0.29) is 13.2 Å². The average molecular weight is 154 g/mol. The van der Waals surface area contributed by atoms with E-state index >= 15 is 0 Å². The van der Waals surface area contributed by atoms with Crippen molar-refractivity contribution < 1.29 is 14.8 Å². The van der Waals surface area contributed by atoms with Gasteiger partial charge in [0.05, 0.1) is 12.5 Å². The zero-order chi connectivity index (χ0) is 7.70. The lowest BCUT2D eigenvalue weighted by Gasteiger charge is -1.87. The second-order valence-electron chi connectivity index (χ2n) is 1.54. The Labute approximate surface area is 58.9 Å². The fourth-order valence-corrected chi connectivity index (χ4v) is 0.0707. The van der Waals surface area contributed by atoms with Gasteiger partial charge < -0.3 is 14.8 Å². The van der Waals surface area contributed by atoms with Crippen molar-refractivity contribution in [3.8, 4) is 0 Å². The van der Waals surface area contributed by atoms with Crippen LogP contribution in [-0.2, 0) is 11.2 Å². The molecule has 0 atom stereocenters. The Hall–Kier alpha value is 0.230. The largest absolute Gasteiger partial charge is 0.617 e. The Morgan fingerprint density at radius 3 is 1.44 bits per heavy atom. The van der Waals surface area contributed by atoms with E-state index in [1.165, 1.54) is 0 Å². The van der Waals surface area contributed by atoms with Crippen molar-refractivity contribution in [1.82, 2.24) is 0 Å². The van der Waals surface area contributed by atoms with Gasteiger partial charge in [-0.2, -0.15) is 0 Å². The van der Waals surface area contributed by atoms with Gasteiger partial charge in [-0.3, -0.25) is 0 Å². The predicted molar refractivity (Wildman–Crippen MR) is 38.8 cm³/mol. The maximum atomic E-state index is 9.56. The lowest BCUT2D eigenvalue weighted by atomic mass is 10.5. The highest BCUT2D eigenvalue weighted by molar-refractivity contribution is 7.89. The summed E-state index contributed by atoms with van der Waals surface area (Å²) in [4.78, 5) is 0. The van der Waals surface area contributed by atoms with Gasteiger partial charge in [0.1, 0.15) is 0 Å². The quantitative estimate of drug-likeness (QED) is 0.520. The number of hydrogen-bond acceptors (Lipinski definition) is 3. The van der Waals surface area contributed by atoms with Crippen LogP contribution in [0, 0.1) is 0 Å². The molecule has 0 bridgehead atoms. The van der Waals surface area contributed by atoms with Crippen LogP contribution in [0.1, 0.15) is 6.42 Å². The van der Waals surface area contributed by atoms with Gasteiger partial charge in [-0.05, 0) is 6.42 Å². The summed E-state index contributed by atoms with van der Waals surface area (Å²) in [5.41, 5.74) is 0. The fraction of sp³-hybridized carbons (Fsp3) is 1.00. The smallest absolute Gasteiger partial charge is 0.0946 e. The van der Waals surface area contributed by atoms with E-state index in [9.17, 15) is 4.55 Å². The Morgan fingerprint density at radius 1 is 1.22 bits per heavy atom. The van der Waals surface area contributed by atoms with Gasteiger partial charge in [-0.15, -0.1) is 0 Å². The Bertz CT molecular complexity index is 36.4. The van der Waals surface area contributed by atoms with E-state index in [0.717, 1.165) is 0 Å². The van der Waals surface area contributed by atoms with Crippen molar-refractivity contribution in [3.63, 3.8) is 0 Å². The van der Waals surface area contributed by atoms with Crippen molar-refractivity contribution in [3.05, 3.63) is 0 Å². The minimum absolute atomic E-state index is 0.0938. The molecular weight excluding hydrogens is 140 g/mol. The predicted octanol–water partition coefficient (Wildman–Crippen LogP) is -0.644. The topological polar surface area (TPSA) is 63.5 Å². The summed E-state index contributed by atoms with van der Waals surface area (Å²) in [5.74, 6) is 0. The standard InChI is InChI=1S/C3H8O2.C2H6OS/c4-2-1-3-5;1-4(2)3/h4-5H,1-3H2;1-2H3. The first-order valence-corrected chi connectivity index (χ1v) is 4.58. The molecule has 0 aliphatic carbocycles. The first kappa shape index (κ1) is 12.0. The second-order valence-corrected chi connectivity index (χ2v) is 3.03. The third-order valence-electron chi connectivity index (χ3n) is 0.316. The van der Waals surface area contributed by atoms with E-state index in [4.69, 9.17) is 10.2 Å². The van der Waals surface area contributed by atoms with Gasteiger partial charge in [-0.1, -0.05) is 11.2 Å². The van der Waals surface area contributed by atoms with Crippen molar-refractivity contribution in [2.24, 2.45) is 0 Å². The average Bonchev–Trinajstić information content (AvgIpc) is 1.66. The summed E-state index contributed by atoms with van der Waals surface area (Å²) in [5, 5.41) is 15.8. The molecular formula is C5H14O3S. The van der Waals surface area contributed by atoms with Crippen LogP contribution < -0.4 is 0 Å². The van der Waals surface area contributed by atoms with Gasteiger partial charge in [0.25, 0.3) is 0 Å². The minimum Gasteiger partial charge on any atom is -0.617 e. The molecule has 0 aromatic heterocycles. The van der Waals surface area contributed by atoms with Crippen LogP contribution in [0.15, 0.2) is 0 Å². The monoisotopic (exact) mass is 154 g/mol. The van der Waals surface area contributed by atoms with Crippen LogP contribution in [0.2, 0.25) is 0 Å². The van der Waals surface area contributed by atoms with E-state index in [1.54, 1.807) is 12.5 Å². The van der Waals surface area contributed by atoms with E-state index in [0.29, 0.717) is 6.42 Å². The van der Waals surface area contributed by atoms with Crippen LogP contribution in [-0.4, -0.2) is 40.5 Å². The fourth-order valence-electron chi connectivity index (χ4n) is 0.0707. The van der Waals surface area contributed by atoms with Gasteiger partial charge in [0.2, 0.25) is 0 Å². The molecule has 0 fully saturated rings. The number of aliphatic hydroxyl groups is 2. The van der Waals surface area contributed by atoms with E-state index < -0.39 is 11.2 Å². The van der Waals surface area contributed by atoms with E-state index in [2.05, 4.69) is 0 Å². The van der Waals surface area contributed by atoms with Gasteiger partial charge in [0, 0.05) is 13.2 Å². The molecule has 0 unspecified atom stereocenters. The summed E-state index contributed by atoms with van der Waals surface area (Å²) in [6, 6.07) is 0. The third kappa shape index (κ3) is 64.2. The molecule has 0 radical (unpaired) electrons. The number of aliphatic hydroxyl groups excluding tert-OH is 2. The van der Waals surface area contributed by atoms with Gasteiger partial charge in [0.15, 0.2) is 0 Å². The molecule has 58 valence electrons. The zero-order valence-corrected chi connectivity index (χ0v) is 6.65. The van der Waals surface area contributed by atoms with E-state index in [1.807, 2.05) is 0 Å². The number of hydrogen-bond donors (Lipinski definition) is 2. The van der Waals surface area contributed by atoms with Crippen LogP contribution in [0.4, 0.5) is 0 Å². The molecule has 0 heterocycles. The molecule has 4 heteroatoms. The molecule has 0 amide bonds. The molecule has 0 saturated heterocycles. The summed E-state index contributed by atoms with van der Waals surface area (Å²) < 4.78 is 9.56. The summed E-state index contributed by atoms with van der Waals surface area (Å²) >= 11 is -0.611. The van der Waals surface area contributed by atoms with Crippen molar-refractivity contribution in [2.45, 2.75) is 6.42 Å². The molecule has 0 aromatic carbocycles. The molecule has 3 nitrogen and oxygen atoms in total. The highest BCUT2D eigenvalue weighted by Gasteiger charge is 1.70. The molecule has 0 aliphatic rings. The Balaban J connectivity index is 0. The maximum absolute atomic E-state index is 9.56. The maximum Gasteiger partial charge on any atom is 0.0946 e. The van der Waals surface area contributed by atoms with Crippen LogP contribution >= 0.6 is 0 Å². The van der Waals surface area contributed by atoms with Crippen molar-refractivity contribution in [1.29, 1.82) is 0 Å². The molecule has 0 aromatic rings. The summed E-state index contributed by atoms with van der Waals surface area (Å²) in [6.45, 7) is 0.188. The van der Waals surface area contributed by atoms with Crippen LogP contribution in [0.3, 0.4) is 0 Å². The minimum atomic E-state index is -0.611. The zero-order valence-electron chi connectivity index (χ0n) is 5.83. The molecule has 0 aliphatic heterocycles. The highest BCUT2D eigenvalue weighted by Crippen LogP contribution is 1.65. The Morgan fingerprint density at radius 2 is 1.44 bits per heavy atom. The molecule has 2 N–H and O–H groups in total. The van der Waals surface area contributed by atoms with Crippen molar-refractivity contribution in [2.75, 3.05) is 25.7 Å². The third-order valence-corrected chi connectivity index (χ3v) is 0.316. The summed E-state index contributed by atoms with van der Waals surface area (Å²) in [6.07, 6.45) is 3.78. The Kier molecular flexibility index (Phi) is 14.7. The molecule has 0 saturated carbocycles. The lowest BCUT2D eigenvalue weighted by Crippen LogP contribution is -1.86. The first-order chi connectivity index (χ1) is 4.15. The molecule has 9 heavy (non-hydrogen) atoms.